The fraction of sp³-hybridized carbons (Fsp3) is 0.750. The number of sulfonamides is 1. The number of rotatable bonds is 9. The Balaban J connectivity index is 4.81. The summed E-state index contributed by atoms with van der Waals surface area (Å²) in [4.78, 5) is 33.8. The zero-order valence-corrected chi connectivity index (χ0v) is 14.6. The van der Waals surface area contributed by atoms with Crippen LogP contribution >= 0.6 is 11.8 Å². The normalized spacial score (nSPS) is 14.4. The zero-order valence-electron chi connectivity index (χ0n) is 12.9. The standard InChI is InChI=1S/C12H21NO7S2/c1-5-13(22(4,18)19)6-10(11(15)16)20-12(17)8(2)7-21-9(3)14/h8,10H,5-7H2,1-4H3,(H,15,16)/t8-,10+/m1/s1. The Bertz CT molecular complexity index is 518. The minimum Gasteiger partial charge on any atom is -0.478 e. The van der Waals surface area contributed by atoms with Crippen LogP contribution in [0.15, 0.2) is 0 Å². The Morgan fingerprint density at radius 1 is 1.32 bits per heavy atom. The summed E-state index contributed by atoms with van der Waals surface area (Å²) < 4.78 is 28.7. The molecule has 8 nitrogen and oxygen atoms in total. The van der Waals surface area contributed by atoms with Gasteiger partial charge in [-0.3, -0.25) is 9.59 Å². The second-order valence-corrected chi connectivity index (χ2v) is 7.86. The Morgan fingerprint density at radius 3 is 2.23 bits per heavy atom. The van der Waals surface area contributed by atoms with Crippen molar-refractivity contribution in [3.8, 4) is 0 Å². The maximum absolute atomic E-state index is 11.8. The van der Waals surface area contributed by atoms with Crippen LogP contribution in [0.1, 0.15) is 20.8 Å². The molecule has 0 saturated heterocycles. The molecule has 10 heteroatoms. The Kier molecular flexibility index (Phi) is 8.64. The number of carbonyl (C=O) groups excluding carboxylic acids is 2. The van der Waals surface area contributed by atoms with Gasteiger partial charge in [-0.05, 0) is 0 Å². The van der Waals surface area contributed by atoms with Crippen molar-refractivity contribution >= 4 is 38.8 Å². The predicted octanol–water partition coefficient (Wildman–Crippen LogP) is 0.180. The van der Waals surface area contributed by atoms with E-state index in [0.717, 1.165) is 22.3 Å². The molecule has 0 rings (SSSR count). The van der Waals surface area contributed by atoms with Crippen molar-refractivity contribution in [1.82, 2.24) is 4.31 Å². The van der Waals surface area contributed by atoms with Crippen molar-refractivity contribution in [2.45, 2.75) is 26.9 Å². The van der Waals surface area contributed by atoms with Gasteiger partial charge in [-0.2, -0.15) is 4.31 Å². The van der Waals surface area contributed by atoms with E-state index in [-0.39, 0.29) is 17.4 Å². The highest BCUT2D eigenvalue weighted by Gasteiger charge is 2.30. The highest BCUT2D eigenvalue weighted by molar-refractivity contribution is 8.13. The van der Waals surface area contributed by atoms with Crippen molar-refractivity contribution in [3.63, 3.8) is 0 Å². The van der Waals surface area contributed by atoms with E-state index < -0.39 is 40.5 Å². The molecule has 0 aliphatic rings. The van der Waals surface area contributed by atoms with Crippen LogP contribution in [0.25, 0.3) is 0 Å². The quantitative estimate of drug-likeness (QED) is 0.582. The van der Waals surface area contributed by atoms with Gasteiger partial charge < -0.3 is 9.84 Å². The molecule has 128 valence electrons. The van der Waals surface area contributed by atoms with Crippen molar-refractivity contribution in [3.05, 3.63) is 0 Å². The van der Waals surface area contributed by atoms with E-state index >= 15 is 0 Å². The van der Waals surface area contributed by atoms with Crippen LogP contribution in [0.3, 0.4) is 0 Å². The zero-order chi connectivity index (χ0) is 17.5. The Hall–Kier alpha value is -1.13. The lowest BCUT2D eigenvalue weighted by Crippen LogP contribution is -2.43. The summed E-state index contributed by atoms with van der Waals surface area (Å²) in [5.74, 6) is -2.72. The van der Waals surface area contributed by atoms with Crippen LogP contribution in [0, 0.1) is 5.92 Å². The lowest BCUT2D eigenvalue weighted by Gasteiger charge is -2.23. The minimum atomic E-state index is -3.59. The first-order valence-corrected chi connectivity index (χ1v) is 9.34. The number of thioether (sulfide) groups is 1. The summed E-state index contributed by atoms with van der Waals surface area (Å²) in [6.07, 6.45) is -0.643. The maximum atomic E-state index is 11.8. The van der Waals surface area contributed by atoms with Crippen LogP contribution < -0.4 is 0 Å². The van der Waals surface area contributed by atoms with Crippen LogP contribution in [-0.4, -0.2) is 66.1 Å². The van der Waals surface area contributed by atoms with Crippen molar-refractivity contribution in [1.29, 1.82) is 0 Å². The Morgan fingerprint density at radius 2 is 1.86 bits per heavy atom. The first-order valence-electron chi connectivity index (χ1n) is 6.50. The molecule has 0 aromatic rings. The van der Waals surface area contributed by atoms with E-state index in [2.05, 4.69) is 0 Å². The molecule has 0 bridgehead atoms. The van der Waals surface area contributed by atoms with Gasteiger partial charge in [0.1, 0.15) is 0 Å². The van der Waals surface area contributed by atoms with E-state index in [1.807, 2.05) is 0 Å². The number of carbonyl (C=O) groups is 3. The molecule has 1 N–H and O–H groups in total. The monoisotopic (exact) mass is 355 g/mol. The molecule has 0 radical (unpaired) electrons. The van der Waals surface area contributed by atoms with E-state index in [1.165, 1.54) is 13.8 Å². The molecule has 2 atom stereocenters. The first-order chi connectivity index (χ1) is 9.98. The van der Waals surface area contributed by atoms with Crippen LogP contribution in [0.5, 0.6) is 0 Å². The molecule has 0 aliphatic heterocycles. The maximum Gasteiger partial charge on any atom is 0.346 e. The molecule has 0 heterocycles. The van der Waals surface area contributed by atoms with E-state index in [0.29, 0.717) is 0 Å². The van der Waals surface area contributed by atoms with Crippen molar-refractivity contribution in [2.24, 2.45) is 5.92 Å². The summed E-state index contributed by atoms with van der Waals surface area (Å²) in [6.45, 7) is 4.02. The number of hydrogen-bond donors (Lipinski definition) is 1. The average Bonchev–Trinajstić information content (AvgIpc) is 2.38. The van der Waals surface area contributed by atoms with Crippen LogP contribution in [0.2, 0.25) is 0 Å². The highest BCUT2D eigenvalue weighted by Crippen LogP contribution is 2.12. The van der Waals surface area contributed by atoms with Gasteiger partial charge in [0, 0.05) is 19.2 Å². The van der Waals surface area contributed by atoms with Crippen LogP contribution in [0.4, 0.5) is 0 Å². The van der Waals surface area contributed by atoms with Gasteiger partial charge in [0.15, 0.2) is 5.12 Å². The number of ether oxygens (including phenoxy) is 1. The van der Waals surface area contributed by atoms with Gasteiger partial charge in [0.25, 0.3) is 0 Å². The number of nitrogens with zero attached hydrogens (tertiary/aromatic N) is 1. The molecule has 0 aromatic carbocycles. The smallest absolute Gasteiger partial charge is 0.346 e. The summed E-state index contributed by atoms with van der Waals surface area (Å²) in [5, 5.41) is 8.91. The molecule has 0 fully saturated rings. The fourth-order valence-corrected chi connectivity index (χ4v) is 2.91. The number of esters is 1. The molecular formula is C12H21NO7S2. The number of likely N-dealkylation sites (N-methyl/N-ethyl adjacent to an activating group) is 1. The number of carboxylic acids is 1. The van der Waals surface area contributed by atoms with Gasteiger partial charge in [0.05, 0.1) is 18.7 Å². The van der Waals surface area contributed by atoms with Gasteiger partial charge in [-0.1, -0.05) is 25.6 Å². The molecule has 0 amide bonds. The predicted molar refractivity (Wildman–Crippen MR) is 81.9 cm³/mol. The molecular weight excluding hydrogens is 334 g/mol. The second-order valence-electron chi connectivity index (χ2n) is 4.68. The Labute approximate surface area is 134 Å². The van der Waals surface area contributed by atoms with E-state index in [1.54, 1.807) is 6.92 Å². The lowest BCUT2D eigenvalue weighted by molar-refractivity contribution is -0.166. The summed E-state index contributed by atoms with van der Waals surface area (Å²) in [5.41, 5.74) is 0. The minimum absolute atomic E-state index is 0.0654. The van der Waals surface area contributed by atoms with Crippen LogP contribution in [-0.2, 0) is 29.1 Å². The molecule has 0 aliphatic carbocycles. The molecule has 0 aromatic heterocycles. The number of hydrogen-bond acceptors (Lipinski definition) is 7. The summed E-state index contributed by atoms with van der Waals surface area (Å²) in [6, 6.07) is 0. The van der Waals surface area contributed by atoms with E-state index in [9.17, 15) is 22.8 Å². The summed E-state index contributed by atoms with van der Waals surface area (Å²) in [7, 11) is -3.59. The fourth-order valence-electron chi connectivity index (χ4n) is 1.42. The third-order valence-electron chi connectivity index (χ3n) is 2.66. The SMILES string of the molecule is CCN(C[C@H](OC(=O)[C@H](C)CSC(C)=O)C(=O)O)S(C)(=O)=O. The molecule has 0 saturated carbocycles. The van der Waals surface area contributed by atoms with Gasteiger partial charge in [-0.15, -0.1) is 0 Å². The number of carboxylic acid groups (broad SMARTS) is 1. The van der Waals surface area contributed by atoms with Gasteiger partial charge >= 0.3 is 11.9 Å². The van der Waals surface area contributed by atoms with Crippen molar-refractivity contribution < 1.29 is 32.6 Å². The number of aliphatic carboxylic acids is 1. The topological polar surface area (TPSA) is 118 Å². The molecule has 22 heavy (non-hydrogen) atoms. The largest absolute Gasteiger partial charge is 0.478 e. The average molecular weight is 355 g/mol. The second kappa shape index (κ2) is 9.11. The third kappa shape index (κ3) is 7.76. The lowest BCUT2D eigenvalue weighted by atomic mass is 10.2. The molecule has 0 spiro atoms. The summed E-state index contributed by atoms with van der Waals surface area (Å²) >= 11 is 0.932. The third-order valence-corrected chi connectivity index (χ3v) is 5.08. The van der Waals surface area contributed by atoms with Gasteiger partial charge in [0.2, 0.25) is 16.1 Å². The first kappa shape index (κ1) is 20.9. The molecule has 0 unspecified atom stereocenters. The van der Waals surface area contributed by atoms with Crippen molar-refractivity contribution in [2.75, 3.05) is 25.1 Å². The highest BCUT2D eigenvalue weighted by atomic mass is 32.2. The van der Waals surface area contributed by atoms with E-state index in [4.69, 9.17) is 9.84 Å². The van der Waals surface area contributed by atoms with Gasteiger partial charge in [-0.25, -0.2) is 13.2 Å².